The van der Waals surface area contributed by atoms with Crippen molar-refractivity contribution in [1.82, 2.24) is 24.5 Å². The summed E-state index contributed by atoms with van der Waals surface area (Å²) < 4.78 is 51.1. The maximum atomic E-state index is 12.7. The van der Waals surface area contributed by atoms with E-state index < -0.39 is 10.0 Å². The quantitative estimate of drug-likeness (QED) is 0.306. The molecule has 2 aromatic heterocycles. The van der Waals surface area contributed by atoms with Gasteiger partial charge in [-0.15, -0.1) is 15.3 Å². The molecule has 1 N–H and O–H groups in total. The van der Waals surface area contributed by atoms with Crippen molar-refractivity contribution in [3.05, 3.63) is 53.1 Å². The SMILES string of the molecule is COc1ccc(OC)c(-c2nnc3ccc(OCCNS(=O)(=O)c4cc(Cl)c(OC)cc4C)nn23)c1. The number of nitrogens with zero attached hydrogens (tertiary/aromatic N) is 4. The Bertz CT molecular complexity index is 1510. The van der Waals surface area contributed by atoms with Crippen LogP contribution in [0.5, 0.6) is 23.1 Å². The van der Waals surface area contributed by atoms with Crippen LogP contribution in [0.25, 0.3) is 17.0 Å². The fourth-order valence-corrected chi connectivity index (χ4v) is 5.07. The molecular weight excluding hydrogens is 510 g/mol. The van der Waals surface area contributed by atoms with Crippen LogP contribution in [0.1, 0.15) is 5.56 Å². The molecule has 13 heteroatoms. The molecule has 0 radical (unpaired) electrons. The number of halogens is 1. The number of aryl methyl sites for hydroxylation is 1. The fourth-order valence-electron chi connectivity index (χ4n) is 3.50. The highest BCUT2D eigenvalue weighted by Gasteiger charge is 2.20. The van der Waals surface area contributed by atoms with Crippen molar-refractivity contribution in [3.63, 3.8) is 0 Å². The average molecular weight is 534 g/mol. The van der Waals surface area contributed by atoms with Gasteiger partial charge in [-0.1, -0.05) is 11.6 Å². The molecule has 36 heavy (non-hydrogen) atoms. The van der Waals surface area contributed by atoms with Gasteiger partial charge in [-0.25, -0.2) is 13.1 Å². The summed E-state index contributed by atoms with van der Waals surface area (Å²) in [6.07, 6.45) is 0. The second-order valence-corrected chi connectivity index (χ2v) is 9.67. The van der Waals surface area contributed by atoms with Gasteiger partial charge < -0.3 is 18.9 Å². The van der Waals surface area contributed by atoms with Gasteiger partial charge in [0.15, 0.2) is 11.5 Å². The highest BCUT2D eigenvalue weighted by molar-refractivity contribution is 7.89. The van der Waals surface area contributed by atoms with E-state index in [1.54, 1.807) is 57.5 Å². The number of hydrogen-bond acceptors (Lipinski definition) is 9. The molecule has 190 valence electrons. The Morgan fingerprint density at radius 3 is 2.47 bits per heavy atom. The summed E-state index contributed by atoms with van der Waals surface area (Å²) >= 11 is 6.10. The lowest BCUT2D eigenvalue weighted by Gasteiger charge is -2.12. The van der Waals surface area contributed by atoms with Crippen molar-refractivity contribution >= 4 is 27.3 Å². The largest absolute Gasteiger partial charge is 0.497 e. The van der Waals surface area contributed by atoms with Crippen molar-refractivity contribution in [2.24, 2.45) is 0 Å². The van der Waals surface area contributed by atoms with Gasteiger partial charge in [0.25, 0.3) is 0 Å². The first-order valence-electron chi connectivity index (χ1n) is 10.7. The molecule has 4 aromatic rings. The van der Waals surface area contributed by atoms with Crippen LogP contribution < -0.4 is 23.7 Å². The minimum Gasteiger partial charge on any atom is -0.497 e. The van der Waals surface area contributed by atoms with Crippen molar-refractivity contribution in [2.45, 2.75) is 11.8 Å². The highest BCUT2D eigenvalue weighted by Crippen LogP contribution is 2.33. The van der Waals surface area contributed by atoms with Gasteiger partial charge >= 0.3 is 0 Å². The van der Waals surface area contributed by atoms with Crippen LogP contribution in [-0.4, -0.2) is 62.7 Å². The van der Waals surface area contributed by atoms with E-state index in [2.05, 4.69) is 20.0 Å². The van der Waals surface area contributed by atoms with Crippen LogP contribution in [0.3, 0.4) is 0 Å². The van der Waals surface area contributed by atoms with Gasteiger partial charge in [-0.2, -0.15) is 4.52 Å². The molecule has 0 amide bonds. The van der Waals surface area contributed by atoms with Crippen LogP contribution in [0, 0.1) is 6.92 Å². The molecule has 0 bridgehead atoms. The molecule has 0 atom stereocenters. The first-order chi connectivity index (χ1) is 17.3. The zero-order valence-corrected chi connectivity index (χ0v) is 21.6. The summed E-state index contributed by atoms with van der Waals surface area (Å²) in [7, 11) is 0.768. The Hall–Kier alpha value is -3.61. The first-order valence-corrected chi connectivity index (χ1v) is 12.5. The third-order valence-electron chi connectivity index (χ3n) is 5.27. The molecule has 2 aromatic carbocycles. The number of fused-ring (bicyclic) bond motifs is 1. The Kier molecular flexibility index (Phi) is 7.48. The van der Waals surface area contributed by atoms with Crippen LogP contribution in [0.4, 0.5) is 0 Å². The third-order valence-corrected chi connectivity index (χ3v) is 7.17. The van der Waals surface area contributed by atoms with Crippen LogP contribution in [-0.2, 0) is 10.0 Å². The van der Waals surface area contributed by atoms with Crippen LogP contribution >= 0.6 is 11.6 Å². The summed E-state index contributed by atoms with van der Waals surface area (Å²) in [6, 6.07) is 11.5. The summed E-state index contributed by atoms with van der Waals surface area (Å²) in [5.41, 5.74) is 1.63. The Morgan fingerprint density at radius 2 is 1.75 bits per heavy atom. The van der Waals surface area contributed by atoms with Gasteiger partial charge in [0.05, 0.1) is 36.8 Å². The minimum absolute atomic E-state index is 0.00385. The molecule has 0 aliphatic carbocycles. The van der Waals surface area contributed by atoms with Crippen molar-refractivity contribution in [1.29, 1.82) is 0 Å². The zero-order valence-electron chi connectivity index (χ0n) is 20.0. The van der Waals surface area contributed by atoms with Crippen LogP contribution in [0.15, 0.2) is 47.4 Å². The molecular formula is C23H24ClN5O6S. The van der Waals surface area contributed by atoms with Crippen molar-refractivity contribution in [2.75, 3.05) is 34.5 Å². The summed E-state index contributed by atoms with van der Waals surface area (Å²) in [5.74, 6) is 2.28. The number of ether oxygens (including phenoxy) is 4. The van der Waals surface area contributed by atoms with E-state index in [1.807, 2.05) is 0 Å². The smallest absolute Gasteiger partial charge is 0.241 e. The van der Waals surface area contributed by atoms with Crippen LogP contribution in [0.2, 0.25) is 5.02 Å². The molecule has 0 aliphatic rings. The highest BCUT2D eigenvalue weighted by atomic mass is 35.5. The lowest BCUT2D eigenvalue weighted by molar-refractivity contribution is 0.306. The van der Waals surface area contributed by atoms with E-state index in [0.29, 0.717) is 39.8 Å². The van der Waals surface area contributed by atoms with E-state index in [4.69, 9.17) is 30.5 Å². The molecule has 0 aliphatic heterocycles. The number of rotatable bonds is 10. The van der Waals surface area contributed by atoms with Gasteiger partial charge in [0, 0.05) is 12.6 Å². The maximum Gasteiger partial charge on any atom is 0.241 e. The molecule has 0 saturated heterocycles. The second-order valence-electron chi connectivity index (χ2n) is 7.53. The Morgan fingerprint density at radius 1 is 0.972 bits per heavy atom. The minimum atomic E-state index is -3.82. The number of methoxy groups -OCH3 is 3. The van der Waals surface area contributed by atoms with Gasteiger partial charge in [-0.05, 0) is 48.9 Å². The third kappa shape index (κ3) is 5.15. The normalized spacial score (nSPS) is 11.5. The maximum absolute atomic E-state index is 12.7. The molecule has 0 unspecified atom stereocenters. The Balaban J connectivity index is 1.48. The lowest BCUT2D eigenvalue weighted by atomic mass is 10.2. The van der Waals surface area contributed by atoms with Gasteiger partial charge in [-0.3, -0.25) is 0 Å². The molecule has 0 saturated carbocycles. The number of nitrogens with one attached hydrogen (secondary N) is 1. The second kappa shape index (κ2) is 10.6. The number of benzene rings is 2. The predicted molar refractivity (Wildman–Crippen MR) is 133 cm³/mol. The standard InChI is InChI=1S/C23H24ClN5O6S/c1-14-11-19(34-4)17(24)13-20(14)36(30,31)25-9-10-35-22-8-7-21-26-27-23(29(21)28-22)16-12-15(32-2)5-6-18(16)33-3/h5-8,11-13,25H,9-10H2,1-4H3. The lowest BCUT2D eigenvalue weighted by Crippen LogP contribution is -2.29. The topological polar surface area (TPSA) is 126 Å². The van der Waals surface area contributed by atoms with Gasteiger partial charge in [0.1, 0.15) is 23.9 Å². The van der Waals surface area contributed by atoms with E-state index >= 15 is 0 Å². The summed E-state index contributed by atoms with van der Waals surface area (Å²) in [6.45, 7) is 1.70. The monoisotopic (exact) mass is 533 g/mol. The van der Waals surface area contributed by atoms with Crippen molar-refractivity contribution in [3.8, 4) is 34.5 Å². The zero-order chi connectivity index (χ0) is 25.9. The number of aromatic nitrogens is 4. The number of hydrogen-bond donors (Lipinski definition) is 1. The fraction of sp³-hybridized carbons (Fsp3) is 0.261. The Labute approximate surface area is 213 Å². The van der Waals surface area contributed by atoms with E-state index in [0.717, 1.165) is 0 Å². The van der Waals surface area contributed by atoms with Crippen molar-refractivity contribution < 1.29 is 27.4 Å². The molecule has 0 spiro atoms. The molecule has 0 fully saturated rings. The van der Waals surface area contributed by atoms with E-state index in [-0.39, 0.29) is 28.9 Å². The molecule has 2 heterocycles. The van der Waals surface area contributed by atoms with E-state index in [1.165, 1.54) is 17.7 Å². The molecule has 4 rings (SSSR count). The average Bonchev–Trinajstić information content (AvgIpc) is 3.30. The van der Waals surface area contributed by atoms with Gasteiger partial charge in [0.2, 0.25) is 15.9 Å². The predicted octanol–water partition coefficient (Wildman–Crippen LogP) is 3.14. The van der Waals surface area contributed by atoms with E-state index in [9.17, 15) is 8.42 Å². The number of sulfonamides is 1. The summed E-state index contributed by atoms with van der Waals surface area (Å²) in [5, 5.41) is 13.0. The first kappa shape index (κ1) is 25.5. The summed E-state index contributed by atoms with van der Waals surface area (Å²) in [4.78, 5) is 0.0641. The molecule has 11 nitrogen and oxygen atoms in total.